The number of fused-ring (bicyclic) bond motifs is 2. The van der Waals surface area contributed by atoms with Crippen LogP contribution in [0.1, 0.15) is 82.8 Å². The molecule has 5 nitrogen and oxygen atoms in total. The van der Waals surface area contributed by atoms with Crippen molar-refractivity contribution in [3.8, 4) is 5.75 Å². The fraction of sp³-hybridized carbons (Fsp3) is 0.326. The van der Waals surface area contributed by atoms with E-state index in [-0.39, 0.29) is 12.0 Å². The van der Waals surface area contributed by atoms with Crippen LogP contribution in [0.15, 0.2) is 121 Å². The average Bonchev–Trinajstić information content (AvgIpc) is 3.32. The van der Waals surface area contributed by atoms with Gasteiger partial charge in [0, 0.05) is 25.5 Å². The van der Waals surface area contributed by atoms with Crippen LogP contribution < -0.4 is 4.74 Å². The maximum absolute atomic E-state index is 12.3. The van der Waals surface area contributed by atoms with E-state index in [9.17, 15) is 4.79 Å². The van der Waals surface area contributed by atoms with Crippen LogP contribution in [0, 0.1) is 0 Å². The Morgan fingerprint density at radius 2 is 1.37 bits per heavy atom. The molecule has 5 aromatic carbocycles. The van der Waals surface area contributed by atoms with Gasteiger partial charge in [0.2, 0.25) is 0 Å². The van der Waals surface area contributed by atoms with Crippen molar-refractivity contribution >= 4 is 5.97 Å². The predicted octanol–water partition coefficient (Wildman–Crippen LogP) is 9.14. The van der Waals surface area contributed by atoms with E-state index in [0.29, 0.717) is 32.2 Å². The number of carbonyl (C=O) groups excluding carboxylic acids is 1. The van der Waals surface area contributed by atoms with Crippen molar-refractivity contribution in [1.82, 2.24) is 4.90 Å². The van der Waals surface area contributed by atoms with Crippen LogP contribution in [0.5, 0.6) is 5.75 Å². The first-order chi connectivity index (χ1) is 24.9. The molecule has 3 atom stereocenters. The average molecular weight is 682 g/mol. The molecule has 0 aliphatic heterocycles. The molecule has 5 aromatic rings. The lowest BCUT2D eigenvalue weighted by Gasteiger charge is -2.31. The zero-order chi connectivity index (χ0) is 35.6. The van der Waals surface area contributed by atoms with Crippen LogP contribution in [0.3, 0.4) is 0 Å². The van der Waals surface area contributed by atoms with E-state index in [1.165, 1.54) is 44.5 Å². The Morgan fingerprint density at radius 3 is 2.06 bits per heavy atom. The third kappa shape index (κ3) is 9.15. The first kappa shape index (κ1) is 36.1. The molecule has 1 aliphatic rings. The number of hydrogen-bond donors (Lipinski definition) is 0. The second kappa shape index (κ2) is 17.5. The summed E-state index contributed by atoms with van der Waals surface area (Å²) >= 11 is 0. The van der Waals surface area contributed by atoms with Gasteiger partial charge in [0.15, 0.2) is 6.10 Å². The van der Waals surface area contributed by atoms with Gasteiger partial charge in [-0.25, -0.2) is 4.79 Å². The Bertz CT molecular complexity index is 1850. The molecule has 3 unspecified atom stereocenters. The lowest BCUT2D eigenvalue weighted by Crippen LogP contribution is -2.30. The highest BCUT2D eigenvalue weighted by Crippen LogP contribution is 2.38. The molecule has 0 heterocycles. The first-order valence-corrected chi connectivity index (χ1v) is 18.5. The molecule has 0 amide bonds. The molecular formula is C46H51NO4. The summed E-state index contributed by atoms with van der Waals surface area (Å²) < 4.78 is 17.1. The summed E-state index contributed by atoms with van der Waals surface area (Å²) in [6, 6.07) is 43.9. The lowest BCUT2D eigenvalue weighted by molar-refractivity contribution is -0.156. The third-order valence-corrected chi connectivity index (χ3v) is 10.1. The van der Waals surface area contributed by atoms with E-state index in [1.807, 2.05) is 38.1 Å². The van der Waals surface area contributed by atoms with Crippen LogP contribution in [0.2, 0.25) is 0 Å². The topological polar surface area (TPSA) is 48.0 Å². The molecule has 0 fully saturated rings. The van der Waals surface area contributed by atoms with Gasteiger partial charge in [-0.2, -0.15) is 0 Å². The Kier molecular flexibility index (Phi) is 12.4. The van der Waals surface area contributed by atoms with E-state index < -0.39 is 6.10 Å². The smallest absolute Gasteiger partial charge is 0.335 e. The fourth-order valence-electron chi connectivity index (χ4n) is 7.33. The van der Waals surface area contributed by atoms with E-state index in [1.54, 1.807) is 0 Å². The SMILES string of the molecule is CCOC(=O)C(Cc1ccc(OCCN(C)C2c3ccc(Cc4ccccc4)cc3CCc3cc(C(C)c4ccccc4)ccc32)cc1)OCC. The number of ether oxygens (including phenoxy) is 3. The van der Waals surface area contributed by atoms with Crippen molar-refractivity contribution in [2.45, 2.75) is 64.5 Å². The summed E-state index contributed by atoms with van der Waals surface area (Å²) in [5.74, 6) is 0.813. The molecular weight excluding hydrogens is 631 g/mol. The van der Waals surface area contributed by atoms with Crippen molar-refractivity contribution in [2.24, 2.45) is 0 Å². The molecule has 264 valence electrons. The molecule has 0 aromatic heterocycles. The molecule has 0 spiro atoms. The number of esters is 1. The van der Waals surface area contributed by atoms with Crippen LogP contribution >= 0.6 is 0 Å². The summed E-state index contributed by atoms with van der Waals surface area (Å²) in [6.45, 7) is 8.11. The molecule has 0 bridgehead atoms. The van der Waals surface area contributed by atoms with Crippen molar-refractivity contribution in [3.63, 3.8) is 0 Å². The Balaban J connectivity index is 1.20. The van der Waals surface area contributed by atoms with Crippen LogP contribution in [0.4, 0.5) is 0 Å². The number of likely N-dealkylation sites (N-methyl/N-ethyl adjacent to an activating group) is 1. The second-order valence-electron chi connectivity index (χ2n) is 13.6. The number of hydrogen-bond acceptors (Lipinski definition) is 5. The monoisotopic (exact) mass is 681 g/mol. The summed E-state index contributed by atoms with van der Waals surface area (Å²) in [6.07, 6.45) is 2.83. The molecule has 0 saturated heterocycles. The molecule has 51 heavy (non-hydrogen) atoms. The van der Waals surface area contributed by atoms with Crippen molar-refractivity contribution in [1.29, 1.82) is 0 Å². The Morgan fingerprint density at radius 1 is 0.725 bits per heavy atom. The van der Waals surface area contributed by atoms with Gasteiger partial charge in [0.25, 0.3) is 0 Å². The van der Waals surface area contributed by atoms with Gasteiger partial charge in [0.05, 0.1) is 12.6 Å². The second-order valence-corrected chi connectivity index (χ2v) is 13.6. The summed E-state index contributed by atoms with van der Waals surface area (Å²) in [5, 5.41) is 0. The predicted molar refractivity (Wildman–Crippen MR) is 206 cm³/mol. The van der Waals surface area contributed by atoms with E-state index in [4.69, 9.17) is 14.2 Å². The highest BCUT2D eigenvalue weighted by Gasteiger charge is 2.28. The highest BCUT2D eigenvalue weighted by molar-refractivity contribution is 5.75. The van der Waals surface area contributed by atoms with Gasteiger partial charge in [0.1, 0.15) is 12.4 Å². The van der Waals surface area contributed by atoms with Gasteiger partial charge in [-0.3, -0.25) is 4.90 Å². The van der Waals surface area contributed by atoms with Crippen molar-refractivity contribution in [3.05, 3.63) is 171 Å². The number of nitrogens with zero attached hydrogens (tertiary/aromatic N) is 1. The first-order valence-electron chi connectivity index (χ1n) is 18.5. The molecule has 0 saturated carbocycles. The minimum Gasteiger partial charge on any atom is -0.492 e. The summed E-state index contributed by atoms with van der Waals surface area (Å²) in [5.41, 5.74) is 12.0. The van der Waals surface area contributed by atoms with E-state index in [0.717, 1.165) is 37.1 Å². The molecule has 0 N–H and O–H groups in total. The molecule has 0 radical (unpaired) electrons. The largest absolute Gasteiger partial charge is 0.492 e. The maximum atomic E-state index is 12.3. The number of rotatable bonds is 15. The quantitative estimate of drug-likeness (QED) is 0.103. The summed E-state index contributed by atoms with van der Waals surface area (Å²) in [4.78, 5) is 14.8. The molecule has 1 aliphatic carbocycles. The maximum Gasteiger partial charge on any atom is 0.335 e. The van der Waals surface area contributed by atoms with Crippen LogP contribution in [-0.4, -0.2) is 50.4 Å². The fourth-order valence-corrected chi connectivity index (χ4v) is 7.33. The molecule has 5 heteroatoms. The minimum absolute atomic E-state index is 0.119. The van der Waals surface area contributed by atoms with Gasteiger partial charge in [-0.05, 0) is 102 Å². The zero-order valence-electron chi connectivity index (χ0n) is 30.5. The highest BCUT2D eigenvalue weighted by atomic mass is 16.6. The normalized spacial score (nSPS) is 15.0. The van der Waals surface area contributed by atoms with Crippen molar-refractivity contribution < 1.29 is 19.0 Å². The third-order valence-electron chi connectivity index (χ3n) is 10.1. The zero-order valence-corrected chi connectivity index (χ0v) is 30.5. The summed E-state index contributed by atoms with van der Waals surface area (Å²) in [7, 11) is 2.22. The van der Waals surface area contributed by atoms with Crippen LogP contribution in [0.25, 0.3) is 0 Å². The van der Waals surface area contributed by atoms with Crippen LogP contribution in [-0.2, 0) is 40.0 Å². The standard InChI is InChI=1S/C46H51NO4/c1-5-49-44(46(48)50-6-2)31-35-17-23-41(24-18-35)51-28-27-47(4)45-42-25-19-36(29-34-13-9-7-10-14-34)30-39(42)20-21-40-32-38(22-26-43(40)45)33(3)37-15-11-8-12-16-37/h7-19,22-26,30,32-33,44-45H,5-6,20-21,27-29,31H2,1-4H3. The number of aryl methyl sites for hydroxylation is 2. The minimum atomic E-state index is -0.604. The number of benzene rings is 5. The molecule has 6 rings (SSSR count). The van der Waals surface area contributed by atoms with Gasteiger partial charge < -0.3 is 14.2 Å². The van der Waals surface area contributed by atoms with Gasteiger partial charge in [-0.15, -0.1) is 0 Å². The van der Waals surface area contributed by atoms with E-state index >= 15 is 0 Å². The lowest BCUT2D eigenvalue weighted by atomic mass is 9.87. The van der Waals surface area contributed by atoms with Crippen molar-refractivity contribution in [2.75, 3.05) is 33.4 Å². The van der Waals surface area contributed by atoms with Gasteiger partial charge in [-0.1, -0.05) is 116 Å². The Labute approximate surface area is 304 Å². The number of carbonyl (C=O) groups is 1. The Hall–Kier alpha value is -4.71. The van der Waals surface area contributed by atoms with E-state index in [2.05, 4.69) is 116 Å². The van der Waals surface area contributed by atoms with Gasteiger partial charge >= 0.3 is 5.97 Å².